The second-order valence-electron chi connectivity index (χ2n) is 3.68. The van der Waals surface area contributed by atoms with Crippen molar-refractivity contribution in [2.45, 2.75) is 39.0 Å². The third-order valence-electron chi connectivity index (χ3n) is 2.52. The second-order valence-corrected chi connectivity index (χ2v) is 4.73. The van der Waals surface area contributed by atoms with Crippen molar-refractivity contribution in [2.24, 2.45) is 5.92 Å². The van der Waals surface area contributed by atoms with Gasteiger partial charge < -0.3 is 14.6 Å². The summed E-state index contributed by atoms with van der Waals surface area (Å²) in [6, 6.07) is 0. The molecule has 0 bridgehead atoms. The molecule has 0 aliphatic rings. The van der Waals surface area contributed by atoms with Crippen LogP contribution in [0.15, 0.2) is 0 Å². The molecule has 100 valence electrons. The molecule has 0 saturated carbocycles. The van der Waals surface area contributed by atoms with Crippen molar-refractivity contribution in [1.82, 2.24) is 0 Å². The van der Waals surface area contributed by atoms with E-state index in [0.29, 0.717) is 6.42 Å². The zero-order chi connectivity index (χ0) is 13.3. The first-order chi connectivity index (χ1) is 8.11. The van der Waals surface area contributed by atoms with Gasteiger partial charge in [-0.15, -0.1) is 0 Å². The molecule has 0 radical (unpaired) electrons. The van der Waals surface area contributed by atoms with Gasteiger partial charge in [0.15, 0.2) is 0 Å². The van der Waals surface area contributed by atoms with E-state index in [2.05, 4.69) is 0 Å². The van der Waals surface area contributed by atoms with Crippen molar-refractivity contribution in [3.05, 3.63) is 0 Å². The smallest absolute Gasteiger partial charge is 0.363 e. The first-order valence-corrected chi connectivity index (χ1v) is 6.83. The third kappa shape index (κ3) is 4.34. The number of aliphatic hydroxyl groups is 1. The lowest BCUT2D eigenvalue weighted by Gasteiger charge is -2.26. The average Bonchev–Trinajstić information content (AvgIpc) is 2.34. The quantitative estimate of drug-likeness (QED) is 0.507. The highest BCUT2D eigenvalue weighted by Gasteiger charge is 2.52. The fourth-order valence-electron chi connectivity index (χ4n) is 1.72. The van der Waals surface area contributed by atoms with Crippen molar-refractivity contribution in [1.29, 1.82) is 0 Å². The van der Waals surface area contributed by atoms with Gasteiger partial charge in [0.05, 0.1) is 6.61 Å². The first kappa shape index (κ1) is 16.5. The predicted octanol–water partition coefficient (Wildman–Crippen LogP) is 1.71. The van der Waals surface area contributed by atoms with Crippen molar-refractivity contribution >= 4 is 14.4 Å². The third-order valence-corrected chi connectivity index (χ3v) is 3.52. The highest BCUT2D eigenvalue weighted by molar-refractivity contribution is 7.25. The fourth-order valence-corrected chi connectivity index (χ4v) is 2.39. The molecule has 0 aromatic heterocycles. The van der Waals surface area contributed by atoms with Crippen LogP contribution in [0, 0.1) is 5.92 Å². The Labute approximate surface area is 104 Å². The Morgan fingerprint density at radius 2 is 2.00 bits per heavy atom. The van der Waals surface area contributed by atoms with Gasteiger partial charge >= 0.3 is 14.4 Å². The summed E-state index contributed by atoms with van der Waals surface area (Å²) in [5.41, 5.74) is 0. The molecule has 0 spiro atoms. The molecule has 17 heavy (non-hydrogen) atoms. The molecule has 0 amide bonds. The van der Waals surface area contributed by atoms with Crippen LogP contribution in [0.2, 0.25) is 0 Å². The Hall–Kier alpha value is -0.510. The maximum absolute atomic E-state index is 11.8. The predicted molar refractivity (Wildman–Crippen MR) is 65.5 cm³/mol. The number of carbonyl (C=O) groups is 1. The van der Waals surface area contributed by atoms with Crippen molar-refractivity contribution in [3.8, 4) is 0 Å². The fraction of sp³-hybridized carbons (Fsp3) is 0.909. The van der Waals surface area contributed by atoms with Crippen LogP contribution in [-0.4, -0.2) is 36.2 Å². The van der Waals surface area contributed by atoms with Crippen molar-refractivity contribution in [3.63, 3.8) is 0 Å². The lowest BCUT2D eigenvalue weighted by Crippen LogP contribution is -2.44. The Bertz CT molecular complexity index is 246. The number of rotatable bonds is 9. The Kier molecular flexibility index (Phi) is 8.30. The van der Waals surface area contributed by atoms with Crippen LogP contribution in [0.4, 0.5) is 0 Å². The SMILES string of the molecule is CCCC(C(=O)OCC)C(CO)(OCC)[PH+]=O. The van der Waals surface area contributed by atoms with Gasteiger partial charge in [-0.2, -0.15) is 0 Å². The van der Waals surface area contributed by atoms with E-state index in [4.69, 9.17) is 9.47 Å². The lowest BCUT2D eigenvalue weighted by molar-refractivity contribution is -0.159. The van der Waals surface area contributed by atoms with Crippen LogP contribution in [0.25, 0.3) is 0 Å². The number of ether oxygens (including phenoxy) is 2. The molecule has 0 fully saturated rings. The second kappa shape index (κ2) is 8.56. The highest BCUT2D eigenvalue weighted by Crippen LogP contribution is 2.36. The van der Waals surface area contributed by atoms with E-state index in [-0.39, 0.29) is 13.2 Å². The number of carbonyl (C=O) groups excluding carboxylic acids is 1. The van der Waals surface area contributed by atoms with Gasteiger partial charge in [0.2, 0.25) is 0 Å². The number of aliphatic hydroxyl groups excluding tert-OH is 1. The molecule has 0 heterocycles. The molecule has 0 aliphatic heterocycles. The van der Waals surface area contributed by atoms with E-state index < -0.39 is 32.3 Å². The topological polar surface area (TPSA) is 72.8 Å². The van der Waals surface area contributed by atoms with E-state index in [0.717, 1.165) is 6.42 Å². The molecule has 6 heteroatoms. The molecule has 3 unspecified atom stereocenters. The minimum Gasteiger partial charge on any atom is -0.466 e. The van der Waals surface area contributed by atoms with Gasteiger partial charge in [0.25, 0.3) is 5.34 Å². The van der Waals surface area contributed by atoms with Crippen LogP contribution < -0.4 is 0 Å². The molecule has 0 saturated heterocycles. The molecule has 0 aromatic carbocycles. The molecular weight excluding hydrogens is 243 g/mol. The van der Waals surface area contributed by atoms with Gasteiger partial charge in [-0.1, -0.05) is 17.9 Å². The molecule has 0 aromatic rings. The van der Waals surface area contributed by atoms with E-state index in [1.165, 1.54) is 0 Å². The van der Waals surface area contributed by atoms with Gasteiger partial charge in [-0.05, 0) is 20.3 Å². The van der Waals surface area contributed by atoms with Crippen molar-refractivity contribution in [2.75, 3.05) is 19.8 Å². The average molecular weight is 265 g/mol. The largest absolute Gasteiger partial charge is 0.466 e. The Morgan fingerprint density at radius 3 is 2.35 bits per heavy atom. The first-order valence-electron chi connectivity index (χ1n) is 5.92. The summed E-state index contributed by atoms with van der Waals surface area (Å²) in [5, 5.41) is 8.07. The molecule has 3 atom stereocenters. The zero-order valence-electron chi connectivity index (χ0n) is 10.7. The summed E-state index contributed by atoms with van der Waals surface area (Å²) in [5.74, 6) is -1.14. The van der Waals surface area contributed by atoms with E-state index in [9.17, 15) is 14.5 Å². The molecule has 1 N–H and O–H groups in total. The van der Waals surface area contributed by atoms with Crippen LogP contribution >= 0.6 is 8.46 Å². The molecular formula is C11H22O5P+. The van der Waals surface area contributed by atoms with Crippen LogP contribution in [-0.2, 0) is 18.8 Å². The van der Waals surface area contributed by atoms with E-state index in [1.807, 2.05) is 6.92 Å². The Morgan fingerprint density at radius 1 is 1.35 bits per heavy atom. The number of hydrogen-bond donors (Lipinski definition) is 1. The van der Waals surface area contributed by atoms with Gasteiger partial charge in [0.1, 0.15) is 12.5 Å². The highest BCUT2D eigenvalue weighted by atomic mass is 31.1. The van der Waals surface area contributed by atoms with Crippen LogP contribution in [0.1, 0.15) is 33.6 Å². The van der Waals surface area contributed by atoms with Gasteiger partial charge in [-0.25, -0.2) is 0 Å². The standard InChI is InChI=1S/C11H21O5P/c1-4-7-9(10(13)15-5-2)11(8-12,17-14)16-6-3/h9,12H,4-8H2,1-3H3/p+1. The van der Waals surface area contributed by atoms with Crippen LogP contribution in [0.3, 0.4) is 0 Å². The summed E-state index contributed by atoms with van der Waals surface area (Å²) >= 11 is 0. The van der Waals surface area contributed by atoms with Gasteiger partial charge in [-0.3, -0.25) is 4.79 Å². The number of hydrogen-bond acceptors (Lipinski definition) is 5. The minimum absolute atomic E-state index is 0.259. The lowest BCUT2D eigenvalue weighted by atomic mass is 9.96. The van der Waals surface area contributed by atoms with Crippen molar-refractivity contribution < 1.29 is 23.9 Å². The maximum atomic E-state index is 11.8. The molecule has 5 nitrogen and oxygen atoms in total. The molecule has 0 aliphatic carbocycles. The van der Waals surface area contributed by atoms with Gasteiger partial charge in [0, 0.05) is 6.61 Å². The zero-order valence-corrected chi connectivity index (χ0v) is 11.7. The van der Waals surface area contributed by atoms with E-state index >= 15 is 0 Å². The maximum Gasteiger partial charge on any atom is 0.363 e. The summed E-state index contributed by atoms with van der Waals surface area (Å²) in [6.07, 6.45) is 1.21. The molecule has 0 rings (SSSR count). The van der Waals surface area contributed by atoms with E-state index in [1.54, 1.807) is 13.8 Å². The monoisotopic (exact) mass is 265 g/mol. The normalized spacial score (nSPS) is 16.5. The Balaban J connectivity index is 5.06. The van der Waals surface area contributed by atoms with Crippen LogP contribution in [0.5, 0.6) is 0 Å². The summed E-state index contributed by atoms with van der Waals surface area (Å²) in [7, 11) is -0.910. The summed E-state index contributed by atoms with van der Waals surface area (Å²) in [4.78, 5) is 11.8. The summed E-state index contributed by atoms with van der Waals surface area (Å²) < 4.78 is 21.6. The number of esters is 1. The minimum atomic E-state index is -1.32. The summed E-state index contributed by atoms with van der Waals surface area (Å²) in [6.45, 7) is 5.45.